The second-order valence-electron chi connectivity index (χ2n) is 6.25. The molecule has 29 heavy (non-hydrogen) atoms. The van der Waals surface area contributed by atoms with Crippen LogP contribution in [0.4, 0.5) is 22.0 Å². The predicted molar refractivity (Wildman–Crippen MR) is 105 cm³/mol. The average Bonchev–Trinajstić information content (AvgIpc) is 2.69. The highest BCUT2D eigenvalue weighted by atomic mass is 19.1. The number of halogens is 1. The number of ether oxygens (including phenoxy) is 2. The molecule has 8 nitrogen and oxygen atoms in total. The van der Waals surface area contributed by atoms with Gasteiger partial charge in [-0.2, -0.15) is 15.0 Å². The molecule has 1 heterocycles. The van der Waals surface area contributed by atoms with Crippen LogP contribution in [0.15, 0.2) is 48.5 Å². The zero-order chi connectivity index (χ0) is 20.8. The maximum absolute atomic E-state index is 13.0. The largest absolute Gasteiger partial charge is 0.479 e. The molecule has 3 rings (SSSR count). The summed E-state index contributed by atoms with van der Waals surface area (Å²) >= 11 is 0. The number of nitrogens with zero attached hydrogens (tertiary/aromatic N) is 3. The third-order valence-electron chi connectivity index (χ3n) is 3.81. The molecule has 0 saturated carbocycles. The van der Waals surface area contributed by atoms with Crippen molar-refractivity contribution in [1.82, 2.24) is 15.0 Å². The number of anilines is 3. The van der Waals surface area contributed by atoms with Gasteiger partial charge in [0.1, 0.15) is 11.6 Å². The second kappa shape index (κ2) is 8.96. The zero-order valence-electron chi connectivity index (χ0n) is 15.9. The SMILES string of the molecule is Cc1ccc(OC(C)C(=O)OCc2nc(N)nc(Nc3ccc(F)cc3)n2)cc1. The van der Waals surface area contributed by atoms with E-state index in [2.05, 4.69) is 20.3 Å². The molecule has 0 saturated heterocycles. The van der Waals surface area contributed by atoms with Gasteiger partial charge in [0.2, 0.25) is 11.9 Å². The lowest BCUT2D eigenvalue weighted by Gasteiger charge is -2.14. The Morgan fingerprint density at radius 3 is 2.48 bits per heavy atom. The Kier molecular flexibility index (Phi) is 6.18. The van der Waals surface area contributed by atoms with Crippen LogP contribution < -0.4 is 15.8 Å². The number of aromatic nitrogens is 3. The number of carbonyl (C=O) groups excluding carboxylic acids is 1. The van der Waals surface area contributed by atoms with Gasteiger partial charge in [0, 0.05) is 5.69 Å². The fourth-order valence-electron chi connectivity index (χ4n) is 2.34. The molecule has 9 heteroatoms. The minimum Gasteiger partial charge on any atom is -0.479 e. The Balaban J connectivity index is 1.59. The lowest BCUT2D eigenvalue weighted by Crippen LogP contribution is -2.26. The molecule has 0 radical (unpaired) electrons. The summed E-state index contributed by atoms with van der Waals surface area (Å²) in [7, 11) is 0. The van der Waals surface area contributed by atoms with Crippen molar-refractivity contribution >= 4 is 23.6 Å². The van der Waals surface area contributed by atoms with E-state index in [1.54, 1.807) is 19.1 Å². The van der Waals surface area contributed by atoms with Crippen LogP contribution in [-0.4, -0.2) is 27.0 Å². The van der Waals surface area contributed by atoms with Crippen LogP contribution in [0.25, 0.3) is 0 Å². The predicted octanol–water partition coefficient (Wildman–Crippen LogP) is 3.16. The number of nitrogens with one attached hydrogen (secondary N) is 1. The van der Waals surface area contributed by atoms with Crippen molar-refractivity contribution in [2.75, 3.05) is 11.1 Å². The molecule has 150 valence electrons. The van der Waals surface area contributed by atoms with E-state index in [0.29, 0.717) is 11.4 Å². The first-order valence-corrected chi connectivity index (χ1v) is 8.82. The molecule has 0 aliphatic heterocycles. The molecular formula is C20H20FN5O3. The molecule has 0 amide bonds. The van der Waals surface area contributed by atoms with Crippen molar-refractivity contribution in [2.45, 2.75) is 26.6 Å². The Labute approximate surface area is 166 Å². The first-order chi connectivity index (χ1) is 13.9. The van der Waals surface area contributed by atoms with Gasteiger partial charge in [-0.3, -0.25) is 0 Å². The molecule has 1 atom stereocenters. The average molecular weight is 397 g/mol. The van der Waals surface area contributed by atoms with Gasteiger partial charge in [-0.15, -0.1) is 0 Å². The van der Waals surface area contributed by atoms with E-state index in [1.165, 1.54) is 24.3 Å². The Morgan fingerprint density at radius 2 is 1.79 bits per heavy atom. The van der Waals surface area contributed by atoms with E-state index in [0.717, 1.165) is 5.56 Å². The molecule has 1 unspecified atom stereocenters. The number of aryl methyl sites for hydroxylation is 1. The van der Waals surface area contributed by atoms with E-state index in [4.69, 9.17) is 15.2 Å². The summed E-state index contributed by atoms with van der Waals surface area (Å²) in [6, 6.07) is 13.0. The van der Waals surface area contributed by atoms with Crippen molar-refractivity contribution in [3.63, 3.8) is 0 Å². The number of hydrogen-bond donors (Lipinski definition) is 2. The van der Waals surface area contributed by atoms with Gasteiger partial charge >= 0.3 is 5.97 Å². The molecular weight excluding hydrogens is 377 g/mol. The topological polar surface area (TPSA) is 112 Å². The fourth-order valence-corrected chi connectivity index (χ4v) is 2.34. The van der Waals surface area contributed by atoms with Gasteiger partial charge in [0.25, 0.3) is 0 Å². The highest BCUT2D eigenvalue weighted by Crippen LogP contribution is 2.16. The van der Waals surface area contributed by atoms with Crippen molar-refractivity contribution in [3.8, 4) is 5.75 Å². The first kappa shape index (κ1) is 20.0. The van der Waals surface area contributed by atoms with E-state index in [-0.39, 0.29) is 30.1 Å². The molecule has 0 spiro atoms. The van der Waals surface area contributed by atoms with E-state index in [9.17, 15) is 9.18 Å². The zero-order valence-corrected chi connectivity index (χ0v) is 15.9. The Bertz CT molecular complexity index is 980. The maximum atomic E-state index is 13.0. The van der Waals surface area contributed by atoms with Gasteiger partial charge in [0.15, 0.2) is 18.5 Å². The van der Waals surface area contributed by atoms with Crippen LogP contribution in [0.1, 0.15) is 18.3 Å². The Hall–Kier alpha value is -3.75. The second-order valence-corrected chi connectivity index (χ2v) is 6.25. The smallest absolute Gasteiger partial charge is 0.347 e. The molecule has 3 aromatic rings. The van der Waals surface area contributed by atoms with Crippen LogP contribution in [0.5, 0.6) is 5.75 Å². The van der Waals surface area contributed by atoms with Gasteiger partial charge in [-0.25, -0.2) is 9.18 Å². The van der Waals surface area contributed by atoms with Gasteiger partial charge < -0.3 is 20.5 Å². The highest BCUT2D eigenvalue weighted by Gasteiger charge is 2.17. The van der Waals surface area contributed by atoms with Crippen LogP contribution >= 0.6 is 0 Å². The van der Waals surface area contributed by atoms with E-state index >= 15 is 0 Å². The third-order valence-corrected chi connectivity index (χ3v) is 3.81. The van der Waals surface area contributed by atoms with Crippen molar-refractivity contribution < 1.29 is 18.7 Å². The summed E-state index contributed by atoms with van der Waals surface area (Å²) < 4.78 is 23.8. The molecule has 3 N–H and O–H groups in total. The molecule has 1 aromatic heterocycles. The molecule has 0 aliphatic carbocycles. The quantitative estimate of drug-likeness (QED) is 0.585. The fraction of sp³-hybridized carbons (Fsp3) is 0.200. The van der Waals surface area contributed by atoms with Crippen molar-refractivity contribution in [1.29, 1.82) is 0 Å². The number of benzene rings is 2. The summed E-state index contributed by atoms with van der Waals surface area (Å²) in [6.07, 6.45) is -0.811. The van der Waals surface area contributed by atoms with E-state index < -0.39 is 12.1 Å². The van der Waals surface area contributed by atoms with Crippen molar-refractivity contribution in [3.05, 3.63) is 65.7 Å². The third kappa shape index (κ3) is 5.86. The van der Waals surface area contributed by atoms with Crippen LogP contribution in [-0.2, 0) is 16.1 Å². The van der Waals surface area contributed by atoms with E-state index in [1.807, 2.05) is 19.1 Å². The summed E-state index contributed by atoms with van der Waals surface area (Å²) in [5.41, 5.74) is 7.35. The molecule has 0 bridgehead atoms. The summed E-state index contributed by atoms with van der Waals surface area (Å²) in [4.78, 5) is 24.2. The minimum atomic E-state index is -0.811. The maximum Gasteiger partial charge on any atom is 0.347 e. The van der Waals surface area contributed by atoms with Gasteiger partial charge in [0.05, 0.1) is 0 Å². The van der Waals surface area contributed by atoms with Crippen LogP contribution in [0.3, 0.4) is 0 Å². The monoisotopic (exact) mass is 397 g/mol. The number of nitrogens with two attached hydrogens (primary N) is 1. The molecule has 2 aromatic carbocycles. The lowest BCUT2D eigenvalue weighted by molar-refractivity contribution is -0.152. The normalized spacial score (nSPS) is 11.6. The summed E-state index contributed by atoms with van der Waals surface area (Å²) in [5, 5.41) is 2.89. The number of nitrogen functional groups attached to an aromatic ring is 1. The van der Waals surface area contributed by atoms with Crippen LogP contribution in [0, 0.1) is 12.7 Å². The number of rotatable bonds is 7. The highest BCUT2D eigenvalue weighted by molar-refractivity contribution is 5.74. The van der Waals surface area contributed by atoms with Gasteiger partial charge in [-0.1, -0.05) is 17.7 Å². The standard InChI is InChI=1S/C20H20FN5O3/c1-12-3-9-16(10-4-12)29-13(2)18(27)28-11-17-24-19(22)26-20(25-17)23-15-7-5-14(21)6-8-15/h3-10,13H,11H2,1-2H3,(H3,22,23,24,25,26). The van der Waals surface area contributed by atoms with Crippen molar-refractivity contribution in [2.24, 2.45) is 0 Å². The summed E-state index contributed by atoms with van der Waals surface area (Å²) in [6.45, 7) is 3.35. The first-order valence-electron chi connectivity index (χ1n) is 8.82. The number of hydrogen-bond acceptors (Lipinski definition) is 8. The number of esters is 1. The molecule has 0 aliphatic rings. The van der Waals surface area contributed by atoms with Crippen LogP contribution in [0.2, 0.25) is 0 Å². The summed E-state index contributed by atoms with van der Waals surface area (Å²) in [5.74, 6) is -0.0927. The van der Waals surface area contributed by atoms with Gasteiger partial charge in [-0.05, 0) is 50.2 Å². The lowest BCUT2D eigenvalue weighted by atomic mass is 10.2. The molecule has 0 fully saturated rings. The minimum absolute atomic E-state index is 0.0420. The Morgan fingerprint density at radius 1 is 1.10 bits per heavy atom. The number of carbonyl (C=O) groups is 1.